The smallest absolute Gasteiger partial charge is 0.354 e. The minimum atomic E-state index is -1.15. The molecular weight excluding hydrogens is 273 g/mol. The molecule has 0 bridgehead atoms. The molecule has 0 fully saturated rings. The van der Waals surface area contributed by atoms with Crippen LogP contribution < -0.4 is 4.74 Å². The predicted molar refractivity (Wildman–Crippen MR) is 75.2 cm³/mol. The van der Waals surface area contributed by atoms with Crippen LogP contribution >= 0.6 is 0 Å². The van der Waals surface area contributed by atoms with Gasteiger partial charge in [0.2, 0.25) is 5.88 Å². The fourth-order valence-corrected chi connectivity index (χ4v) is 2.00. The zero-order chi connectivity index (χ0) is 14.8. The van der Waals surface area contributed by atoms with Crippen LogP contribution in [0, 0.1) is 5.82 Å². The summed E-state index contributed by atoms with van der Waals surface area (Å²) < 4.78 is 18.7. The predicted octanol–water partition coefficient (Wildman–Crippen LogP) is 3.86. The number of halogens is 1. The average molecular weight is 283 g/mol. The Morgan fingerprint density at radius 2 is 1.90 bits per heavy atom. The molecule has 1 aromatic heterocycles. The number of nitrogens with zero attached hydrogens (tertiary/aromatic N) is 1. The number of hydrogen-bond donors (Lipinski definition) is 1. The summed E-state index contributed by atoms with van der Waals surface area (Å²) in [6, 6.07) is 14.2. The second-order valence-electron chi connectivity index (χ2n) is 4.40. The van der Waals surface area contributed by atoms with E-state index in [1.807, 2.05) is 0 Å². The van der Waals surface area contributed by atoms with E-state index in [0.717, 1.165) is 0 Å². The summed E-state index contributed by atoms with van der Waals surface area (Å²) in [4.78, 5) is 15.1. The zero-order valence-electron chi connectivity index (χ0n) is 10.8. The SMILES string of the molecule is O=C(O)c1cc2ccccc2c(Oc2cccc(F)c2)n1. The standard InChI is InChI=1S/C16H10FNO3/c17-11-5-3-6-12(9-11)21-15-13-7-2-1-4-10(13)8-14(18-15)16(19)20/h1-9H,(H,19,20). The summed E-state index contributed by atoms with van der Waals surface area (Å²) in [7, 11) is 0. The molecule has 0 spiro atoms. The Morgan fingerprint density at radius 1 is 1.10 bits per heavy atom. The lowest BCUT2D eigenvalue weighted by Crippen LogP contribution is -2.02. The fraction of sp³-hybridized carbons (Fsp3) is 0. The number of aromatic nitrogens is 1. The highest BCUT2D eigenvalue weighted by Gasteiger charge is 2.12. The third-order valence-electron chi connectivity index (χ3n) is 2.94. The minimum Gasteiger partial charge on any atom is -0.477 e. The van der Waals surface area contributed by atoms with Crippen molar-refractivity contribution >= 4 is 16.7 Å². The van der Waals surface area contributed by atoms with Crippen LogP contribution in [0.1, 0.15) is 10.5 Å². The number of carboxylic acid groups (broad SMARTS) is 1. The Morgan fingerprint density at radius 3 is 2.67 bits per heavy atom. The van der Waals surface area contributed by atoms with Crippen LogP contribution in [0.25, 0.3) is 10.8 Å². The molecule has 5 heteroatoms. The normalized spacial score (nSPS) is 10.5. The number of hydrogen-bond acceptors (Lipinski definition) is 3. The van der Waals surface area contributed by atoms with Gasteiger partial charge in [-0.15, -0.1) is 0 Å². The summed E-state index contributed by atoms with van der Waals surface area (Å²) in [5.74, 6) is -1.19. The first kappa shape index (κ1) is 13.1. The van der Waals surface area contributed by atoms with Gasteiger partial charge in [0.25, 0.3) is 0 Å². The Bertz CT molecular complexity index is 833. The number of pyridine rings is 1. The van der Waals surface area contributed by atoms with Crippen LogP contribution in [0.15, 0.2) is 54.6 Å². The molecule has 2 aromatic carbocycles. The highest BCUT2D eigenvalue weighted by atomic mass is 19.1. The summed E-state index contributed by atoms with van der Waals surface area (Å²) in [5, 5.41) is 10.5. The van der Waals surface area contributed by atoms with Crippen LogP contribution in [-0.2, 0) is 0 Å². The number of aromatic carboxylic acids is 1. The maximum atomic E-state index is 13.2. The molecule has 0 aliphatic heterocycles. The molecule has 0 amide bonds. The summed E-state index contributed by atoms with van der Waals surface area (Å²) in [5.41, 5.74) is -0.125. The van der Waals surface area contributed by atoms with Crippen molar-refractivity contribution in [1.29, 1.82) is 0 Å². The van der Waals surface area contributed by atoms with E-state index < -0.39 is 11.8 Å². The first-order valence-electron chi connectivity index (χ1n) is 6.20. The minimum absolute atomic E-state index is 0.125. The first-order chi connectivity index (χ1) is 10.1. The monoisotopic (exact) mass is 283 g/mol. The average Bonchev–Trinajstić information content (AvgIpc) is 2.47. The van der Waals surface area contributed by atoms with Crippen molar-refractivity contribution in [3.63, 3.8) is 0 Å². The van der Waals surface area contributed by atoms with Gasteiger partial charge < -0.3 is 9.84 Å². The molecule has 104 valence electrons. The summed E-state index contributed by atoms with van der Waals surface area (Å²) >= 11 is 0. The summed E-state index contributed by atoms with van der Waals surface area (Å²) in [6.45, 7) is 0. The van der Waals surface area contributed by atoms with E-state index in [1.165, 1.54) is 24.3 Å². The maximum Gasteiger partial charge on any atom is 0.354 e. The molecule has 0 atom stereocenters. The van der Waals surface area contributed by atoms with Gasteiger partial charge in [0.05, 0.1) is 0 Å². The Kier molecular flexibility index (Phi) is 3.23. The van der Waals surface area contributed by atoms with E-state index in [4.69, 9.17) is 9.84 Å². The third-order valence-corrected chi connectivity index (χ3v) is 2.94. The largest absolute Gasteiger partial charge is 0.477 e. The van der Waals surface area contributed by atoms with Crippen LogP contribution in [0.5, 0.6) is 11.6 Å². The van der Waals surface area contributed by atoms with Crippen molar-refractivity contribution in [3.8, 4) is 11.6 Å². The molecule has 3 rings (SSSR count). The Labute approximate surface area is 119 Å². The highest BCUT2D eigenvalue weighted by molar-refractivity contribution is 5.94. The molecule has 1 N–H and O–H groups in total. The molecule has 0 saturated carbocycles. The molecule has 0 aliphatic carbocycles. The van der Waals surface area contributed by atoms with Gasteiger partial charge in [-0.2, -0.15) is 0 Å². The second-order valence-corrected chi connectivity index (χ2v) is 4.40. The van der Waals surface area contributed by atoms with E-state index in [1.54, 1.807) is 30.3 Å². The highest BCUT2D eigenvalue weighted by Crippen LogP contribution is 2.29. The van der Waals surface area contributed by atoms with Crippen molar-refractivity contribution in [1.82, 2.24) is 4.98 Å². The molecule has 0 unspecified atom stereocenters. The van der Waals surface area contributed by atoms with E-state index in [9.17, 15) is 9.18 Å². The number of benzene rings is 2. The van der Waals surface area contributed by atoms with Crippen LogP contribution in [-0.4, -0.2) is 16.1 Å². The van der Waals surface area contributed by atoms with Gasteiger partial charge in [0, 0.05) is 11.5 Å². The van der Waals surface area contributed by atoms with Crippen LogP contribution in [0.3, 0.4) is 0 Å². The third kappa shape index (κ3) is 2.67. The number of carbonyl (C=O) groups is 1. The quantitative estimate of drug-likeness (QED) is 0.792. The van der Waals surface area contributed by atoms with Gasteiger partial charge in [-0.25, -0.2) is 14.2 Å². The maximum absolute atomic E-state index is 13.2. The van der Waals surface area contributed by atoms with Gasteiger partial charge in [0.15, 0.2) is 5.69 Å². The lowest BCUT2D eigenvalue weighted by Gasteiger charge is -2.09. The van der Waals surface area contributed by atoms with Gasteiger partial charge in [-0.1, -0.05) is 24.3 Å². The zero-order valence-corrected chi connectivity index (χ0v) is 10.8. The van der Waals surface area contributed by atoms with Crippen molar-refractivity contribution in [2.75, 3.05) is 0 Å². The van der Waals surface area contributed by atoms with Crippen LogP contribution in [0.4, 0.5) is 4.39 Å². The van der Waals surface area contributed by atoms with E-state index in [0.29, 0.717) is 10.8 Å². The van der Waals surface area contributed by atoms with Crippen molar-refractivity contribution < 1.29 is 19.0 Å². The van der Waals surface area contributed by atoms with Crippen molar-refractivity contribution in [2.45, 2.75) is 0 Å². The molecule has 0 radical (unpaired) electrons. The first-order valence-corrected chi connectivity index (χ1v) is 6.20. The lowest BCUT2D eigenvalue weighted by molar-refractivity contribution is 0.0690. The topological polar surface area (TPSA) is 59.4 Å². The Balaban J connectivity index is 2.13. The van der Waals surface area contributed by atoms with Crippen molar-refractivity contribution in [3.05, 3.63) is 66.1 Å². The number of fused-ring (bicyclic) bond motifs is 1. The van der Waals surface area contributed by atoms with Gasteiger partial charge in [-0.05, 0) is 29.7 Å². The number of ether oxygens (including phenoxy) is 1. The van der Waals surface area contributed by atoms with Gasteiger partial charge in [0.1, 0.15) is 11.6 Å². The fourth-order valence-electron chi connectivity index (χ4n) is 2.00. The molecule has 0 saturated heterocycles. The number of rotatable bonds is 3. The molecule has 4 nitrogen and oxygen atoms in total. The Hall–Kier alpha value is -2.95. The number of carboxylic acids is 1. The molecule has 21 heavy (non-hydrogen) atoms. The second kappa shape index (κ2) is 5.20. The van der Waals surface area contributed by atoms with Gasteiger partial charge >= 0.3 is 5.97 Å². The molecular formula is C16H10FNO3. The lowest BCUT2D eigenvalue weighted by atomic mass is 10.1. The molecule has 3 aromatic rings. The van der Waals surface area contributed by atoms with Gasteiger partial charge in [-0.3, -0.25) is 0 Å². The molecule has 1 heterocycles. The molecule has 0 aliphatic rings. The van der Waals surface area contributed by atoms with E-state index in [-0.39, 0.29) is 17.3 Å². The van der Waals surface area contributed by atoms with Crippen LogP contribution in [0.2, 0.25) is 0 Å². The van der Waals surface area contributed by atoms with E-state index in [2.05, 4.69) is 4.98 Å². The van der Waals surface area contributed by atoms with Crippen molar-refractivity contribution in [2.24, 2.45) is 0 Å². The summed E-state index contributed by atoms with van der Waals surface area (Å²) in [6.07, 6.45) is 0. The van der Waals surface area contributed by atoms with E-state index >= 15 is 0 Å².